The molecule has 0 amide bonds. The number of hydrogen-bond donors (Lipinski definition) is 0. The Balaban J connectivity index is 2.52. The second-order valence-corrected chi connectivity index (χ2v) is 13.1. The SMILES string of the molecule is CCCCCCCCCCCCCCCCC(c1ccccc1CCl)C(CCC)[SiH](OCC)OCC. The first kappa shape index (κ1) is 33.7. The molecule has 1 aromatic rings. The zero-order chi connectivity index (χ0) is 26.3. The first-order chi connectivity index (χ1) is 17.7. The quantitative estimate of drug-likeness (QED) is 0.0699. The summed E-state index contributed by atoms with van der Waals surface area (Å²) in [7, 11) is -1.76. The van der Waals surface area contributed by atoms with Gasteiger partial charge in [0.2, 0.25) is 0 Å². The van der Waals surface area contributed by atoms with Gasteiger partial charge in [-0.05, 0) is 43.7 Å². The fourth-order valence-corrected chi connectivity index (χ4v) is 8.54. The standard InChI is InChI=1S/C32H59ClO2Si/c1-5-9-10-11-12-13-14-15-16-17-18-19-20-21-27-31(30-26-23-22-25-29(30)28-33)32(24-6-2)36(34-7-3)35-8-4/h22-23,25-26,31-32,36H,5-21,24,27-28H2,1-4H3. The lowest BCUT2D eigenvalue weighted by molar-refractivity contribution is 0.195. The Morgan fingerprint density at radius 2 is 1.14 bits per heavy atom. The number of unbranched alkanes of at least 4 members (excludes halogenated alkanes) is 13. The minimum Gasteiger partial charge on any atom is -0.397 e. The predicted octanol–water partition coefficient (Wildman–Crippen LogP) is 10.8. The lowest BCUT2D eigenvalue weighted by Crippen LogP contribution is -2.33. The van der Waals surface area contributed by atoms with Crippen molar-refractivity contribution in [1.29, 1.82) is 0 Å². The summed E-state index contributed by atoms with van der Waals surface area (Å²) in [5.74, 6) is 1.08. The first-order valence-electron chi connectivity index (χ1n) is 15.6. The monoisotopic (exact) mass is 538 g/mol. The molecule has 0 bridgehead atoms. The normalized spacial score (nSPS) is 13.4. The van der Waals surface area contributed by atoms with Gasteiger partial charge >= 0.3 is 9.28 Å². The predicted molar refractivity (Wildman–Crippen MR) is 163 cm³/mol. The van der Waals surface area contributed by atoms with Crippen LogP contribution >= 0.6 is 11.6 Å². The van der Waals surface area contributed by atoms with E-state index in [9.17, 15) is 0 Å². The summed E-state index contributed by atoms with van der Waals surface area (Å²) in [6.45, 7) is 10.3. The van der Waals surface area contributed by atoms with E-state index in [1.807, 2.05) is 0 Å². The third-order valence-corrected chi connectivity index (χ3v) is 10.7. The van der Waals surface area contributed by atoms with Crippen LogP contribution < -0.4 is 0 Å². The van der Waals surface area contributed by atoms with Crippen LogP contribution in [-0.2, 0) is 14.7 Å². The maximum Gasteiger partial charge on any atom is 0.325 e. The van der Waals surface area contributed by atoms with Crippen molar-refractivity contribution in [2.45, 2.75) is 154 Å². The van der Waals surface area contributed by atoms with Gasteiger partial charge in [-0.2, -0.15) is 0 Å². The highest BCUT2D eigenvalue weighted by Gasteiger charge is 2.34. The summed E-state index contributed by atoms with van der Waals surface area (Å²) >= 11 is 6.40. The zero-order valence-electron chi connectivity index (χ0n) is 24.4. The molecule has 0 saturated carbocycles. The molecule has 36 heavy (non-hydrogen) atoms. The lowest BCUT2D eigenvalue weighted by atomic mass is 9.85. The van der Waals surface area contributed by atoms with Gasteiger partial charge in [0.25, 0.3) is 0 Å². The summed E-state index contributed by atoms with van der Waals surface area (Å²) in [5, 5.41) is 0. The highest BCUT2D eigenvalue weighted by atomic mass is 35.5. The fraction of sp³-hybridized carbons (Fsp3) is 0.812. The van der Waals surface area contributed by atoms with E-state index in [1.54, 1.807) is 0 Å². The Morgan fingerprint density at radius 3 is 1.61 bits per heavy atom. The minimum absolute atomic E-state index is 0.493. The van der Waals surface area contributed by atoms with Gasteiger partial charge in [0.05, 0.1) is 0 Å². The van der Waals surface area contributed by atoms with Crippen molar-refractivity contribution in [3.8, 4) is 0 Å². The van der Waals surface area contributed by atoms with Crippen LogP contribution in [0.15, 0.2) is 24.3 Å². The van der Waals surface area contributed by atoms with E-state index in [-0.39, 0.29) is 0 Å². The van der Waals surface area contributed by atoms with Gasteiger partial charge in [0.15, 0.2) is 0 Å². The fourth-order valence-electron chi connectivity index (χ4n) is 5.66. The van der Waals surface area contributed by atoms with Crippen LogP contribution in [0.25, 0.3) is 0 Å². The van der Waals surface area contributed by atoms with E-state index in [1.165, 1.54) is 120 Å². The molecule has 0 saturated heterocycles. The van der Waals surface area contributed by atoms with Gasteiger partial charge < -0.3 is 8.85 Å². The molecule has 2 unspecified atom stereocenters. The zero-order valence-corrected chi connectivity index (χ0v) is 26.3. The van der Waals surface area contributed by atoms with Crippen LogP contribution in [0.2, 0.25) is 5.54 Å². The molecule has 4 heteroatoms. The Kier molecular flexibility index (Phi) is 22.2. The average Bonchev–Trinajstić information content (AvgIpc) is 2.90. The third-order valence-electron chi connectivity index (χ3n) is 7.62. The largest absolute Gasteiger partial charge is 0.397 e. The number of hydrogen-bond acceptors (Lipinski definition) is 2. The molecule has 0 aliphatic carbocycles. The van der Waals surface area contributed by atoms with Crippen molar-refractivity contribution >= 4 is 20.9 Å². The van der Waals surface area contributed by atoms with E-state index in [0.29, 0.717) is 17.3 Å². The summed E-state index contributed by atoms with van der Waals surface area (Å²) in [5.41, 5.74) is 3.23. The van der Waals surface area contributed by atoms with Crippen molar-refractivity contribution in [3.63, 3.8) is 0 Å². The van der Waals surface area contributed by atoms with Crippen molar-refractivity contribution in [2.24, 2.45) is 0 Å². The minimum atomic E-state index is -1.76. The van der Waals surface area contributed by atoms with Crippen LogP contribution in [0.5, 0.6) is 0 Å². The second-order valence-electron chi connectivity index (χ2n) is 10.6. The van der Waals surface area contributed by atoms with E-state index in [0.717, 1.165) is 13.2 Å². The Hall–Kier alpha value is -0.353. The molecule has 0 fully saturated rings. The molecule has 210 valence electrons. The van der Waals surface area contributed by atoms with Crippen molar-refractivity contribution in [3.05, 3.63) is 35.4 Å². The second kappa shape index (κ2) is 23.7. The first-order valence-corrected chi connectivity index (χ1v) is 17.7. The van der Waals surface area contributed by atoms with E-state index >= 15 is 0 Å². The van der Waals surface area contributed by atoms with Crippen LogP contribution in [0.4, 0.5) is 0 Å². The number of alkyl halides is 1. The maximum atomic E-state index is 6.40. The average molecular weight is 539 g/mol. The van der Waals surface area contributed by atoms with Gasteiger partial charge in [-0.3, -0.25) is 0 Å². The Bertz CT molecular complexity index is 606. The summed E-state index contributed by atoms with van der Waals surface area (Å²) in [6, 6.07) is 8.84. The van der Waals surface area contributed by atoms with E-state index in [2.05, 4.69) is 52.0 Å². The molecule has 1 aromatic carbocycles. The van der Waals surface area contributed by atoms with Gasteiger partial charge in [-0.1, -0.05) is 134 Å². The highest BCUT2D eigenvalue weighted by molar-refractivity contribution is 6.46. The molecule has 1 rings (SSSR count). The topological polar surface area (TPSA) is 18.5 Å². The summed E-state index contributed by atoms with van der Waals surface area (Å²) < 4.78 is 12.6. The van der Waals surface area contributed by atoms with Gasteiger partial charge in [-0.15, -0.1) is 11.6 Å². The molecule has 2 atom stereocenters. The summed E-state index contributed by atoms with van der Waals surface area (Å²) in [4.78, 5) is 0. The Morgan fingerprint density at radius 1 is 0.639 bits per heavy atom. The number of halogens is 1. The number of benzene rings is 1. The van der Waals surface area contributed by atoms with Gasteiger partial charge in [0, 0.05) is 24.6 Å². The highest BCUT2D eigenvalue weighted by Crippen LogP contribution is 2.41. The van der Waals surface area contributed by atoms with Crippen LogP contribution in [0.3, 0.4) is 0 Å². The molecule has 0 heterocycles. The molecular weight excluding hydrogens is 480 g/mol. The van der Waals surface area contributed by atoms with Crippen LogP contribution in [0, 0.1) is 0 Å². The molecule has 0 aromatic heterocycles. The molecule has 0 spiro atoms. The molecule has 0 aliphatic rings. The van der Waals surface area contributed by atoms with Crippen molar-refractivity contribution in [2.75, 3.05) is 13.2 Å². The molecule has 2 nitrogen and oxygen atoms in total. The lowest BCUT2D eigenvalue weighted by Gasteiger charge is -2.33. The van der Waals surface area contributed by atoms with Crippen LogP contribution in [0.1, 0.15) is 154 Å². The van der Waals surface area contributed by atoms with Crippen molar-refractivity contribution in [1.82, 2.24) is 0 Å². The van der Waals surface area contributed by atoms with E-state index < -0.39 is 9.28 Å². The summed E-state index contributed by atoms with van der Waals surface area (Å²) in [6.07, 6.45) is 23.2. The number of rotatable bonds is 25. The van der Waals surface area contributed by atoms with Gasteiger partial charge in [0.1, 0.15) is 0 Å². The Labute approximate surface area is 232 Å². The molecular formula is C32H59ClO2Si. The third kappa shape index (κ3) is 14.5. The van der Waals surface area contributed by atoms with Crippen molar-refractivity contribution < 1.29 is 8.85 Å². The maximum absolute atomic E-state index is 6.40. The molecule has 0 N–H and O–H groups in total. The van der Waals surface area contributed by atoms with E-state index in [4.69, 9.17) is 20.5 Å². The molecule has 0 radical (unpaired) electrons. The van der Waals surface area contributed by atoms with Gasteiger partial charge in [-0.25, -0.2) is 0 Å². The molecule has 0 aliphatic heterocycles. The van der Waals surface area contributed by atoms with Crippen LogP contribution in [-0.4, -0.2) is 22.5 Å². The smallest absolute Gasteiger partial charge is 0.325 e.